The highest BCUT2D eigenvalue weighted by Crippen LogP contribution is 2.58. The molecule has 2 heteroatoms. The summed E-state index contributed by atoms with van der Waals surface area (Å²) in [7, 11) is 0. The van der Waals surface area contributed by atoms with Gasteiger partial charge in [0.2, 0.25) is 0 Å². The topological polar surface area (TPSA) is 26.0 Å². The van der Waals surface area contributed by atoms with Gasteiger partial charge in [0.1, 0.15) is 5.82 Å². The second-order valence-corrected chi connectivity index (χ2v) is 4.67. The molecule has 0 aliphatic heterocycles. The fraction of sp³-hybridized carbons (Fsp3) is 0.538. The van der Waals surface area contributed by atoms with Crippen molar-refractivity contribution < 1.29 is 4.39 Å². The van der Waals surface area contributed by atoms with Crippen LogP contribution in [0.25, 0.3) is 0 Å². The Bertz CT molecular complexity index is 327. The summed E-state index contributed by atoms with van der Waals surface area (Å²) in [5.41, 5.74) is 7.28. The fourth-order valence-electron chi connectivity index (χ4n) is 2.45. The highest BCUT2D eigenvalue weighted by atomic mass is 19.1. The molecule has 82 valence electrons. The SMILES string of the molecule is CC(c1ccc(F)cc1)C1(CCN)CC1. The molecule has 1 aromatic rings. The Morgan fingerprint density at radius 2 is 1.93 bits per heavy atom. The van der Waals surface area contributed by atoms with Crippen LogP contribution in [-0.4, -0.2) is 6.54 Å². The second kappa shape index (κ2) is 3.93. The van der Waals surface area contributed by atoms with Crippen LogP contribution in [0.15, 0.2) is 24.3 Å². The van der Waals surface area contributed by atoms with Crippen molar-refractivity contribution in [2.45, 2.75) is 32.1 Å². The van der Waals surface area contributed by atoms with Crippen LogP contribution in [-0.2, 0) is 0 Å². The molecule has 0 radical (unpaired) electrons. The van der Waals surface area contributed by atoms with Crippen molar-refractivity contribution >= 4 is 0 Å². The average molecular weight is 207 g/mol. The Hall–Kier alpha value is -0.890. The van der Waals surface area contributed by atoms with Gasteiger partial charge in [-0.05, 0) is 54.8 Å². The number of halogens is 1. The van der Waals surface area contributed by atoms with E-state index < -0.39 is 0 Å². The maximum atomic E-state index is 12.8. The molecule has 1 fully saturated rings. The van der Waals surface area contributed by atoms with Crippen LogP contribution in [0.3, 0.4) is 0 Å². The van der Waals surface area contributed by atoms with Gasteiger partial charge in [0, 0.05) is 0 Å². The van der Waals surface area contributed by atoms with Crippen molar-refractivity contribution in [1.29, 1.82) is 0 Å². The predicted molar refractivity (Wildman–Crippen MR) is 60.2 cm³/mol. The van der Waals surface area contributed by atoms with Gasteiger partial charge in [-0.1, -0.05) is 19.1 Å². The van der Waals surface area contributed by atoms with Gasteiger partial charge < -0.3 is 5.73 Å². The van der Waals surface area contributed by atoms with Crippen LogP contribution < -0.4 is 5.73 Å². The number of hydrogen-bond donors (Lipinski definition) is 1. The first kappa shape index (κ1) is 10.6. The molecule has 1 aliphatic rings. The summed E-state index contributed by atoms with van der Waals surface area (Å²) in [6.07, 6.45) is 3.62. The largest absolute Gasteiger partial charge is 0.330 e. The van der Waals surface area contributed by atoms with Gasteiger partial charge in [-0.2, -0.15) is 0 Å². The van der Waals surface area contributed by atoms with Crippen molar-refractivity contribution in [1.82, 2.24) is 0 Å². The Morgan fingerprint density at radius 1 is 1.33 bits per heavy atom. The van der Waals surface area contributed by atoms with E-state index in [-0.39, 0.29) is 5.82 Å². The van der Waals surface area contributed by atoms with Gasteiger partial charge in [-0.25, -0.2) is 4.39 Å². The minimum Gasteiger partial charge on any atom is -0.330 e. The first-order valence-electron chi connectivity index (χ1n) is 5.63. The summed E-state index contributed by atoms with van der Waals surface area (Å²) >= 11 is 0. The minimum atomic E-state index is -0.158. The molecule has 1 saturated carbocycles. The molecule has 0 bridgehead atoms. The third-order valence-corrected chi connectivity index (χ3v) is 3.82. The third kappa shape index (κ3) is 2.05. The summed E-state index contributed by atoms with van der Waals surface area (Å²) < 4.78 is 12.8. The van der Waals surface area contributed by atoms with E-state index in [1.807, 2.05) is 12.1 Å². The number of hydrogen-bond acceptors (Lipinski definition) is 1. The zero-order valence-electron chi connectivity index (χ0n) is 9.17. The molecule has 1 aliphatic carbocycles. The molecule has 1 nitrogen and oxygen atoms in total. The molecule has 2 rings (SSSR count). The summed E-state index contributed by atoms with van der Waals surface area (Å²) in [6.45, 7) is 2.99. The molecule has 1 unspecified atom stereocenters. The highest BCUT2D eigenvalue weighted by Gasteiger charge is 2.46. The lowest BCUT2D eigenvalue weighted by atomic mass is 9.82. The highest BCUT2D eigenvalue weighted by molar-refractivity contribution is 5.24. The fourth-order valence-corrected chi connectivity index (χ4v) is 2.45. The van der Waals surface area contributed by atoms with Gasteiger partial charge in [-0.15, -0.1) is 0 Å². The van der Waals surface area contributed by atoms with Crippen molar-refractivity contribution in [2.24, 2.45) is 11.1 Å². The van der Waals surface area contributed by atoms with Crippen LogP contribution in [0.1, 0.15) is 37.7 Å². The molecule has 0 aromatic heterocycles. The lowest BCUT2D eigenvalue weighted by Gasteiger charge is -2.23. The monoisotopic (exact) mass is 207 g/mol. The molecule has 0 spiro atoms. The Balaban J connectivity index is 2.13. The summed E-state index contributed by atoms with van der Waals surface area (Å²) in [6, 6.07) is 6.89. The first-order valence-corrected chi connectivity index (χ1v) is 5.63. The average Bonchev–Trinajstić information content (AvgIpc) is 3.00. The van der Waals surface area contributed by atoms with E-state index in [0.29, 0.717) is 11.3 Å². The summed E-state index contributed by atoms with van der Waals surface area (Å²) in [5, 5.41) is 0. The van der Waals surface area contributed by atoms with E-state index in [0.717, 1.165) is 13.0 Å². The predicted octanol–water partition coefficient (Wildman–Crippen LogP) is 3.06. The molecule has 1 aromatic carbocycles. The van der Waals surface area contributed by atoms with Crippen molar-refractivity contribution in [3.05, 3.63) is 35.6 Å². The normalized spacial score (nSPS) is 19.9. The van der Waals surface area contributed by atoms with Gasteiger partial charge in [0.25, 0.3) is 0 Å². The number of rotatable bonds is 4. The van der Waals surface area contributed by atoms with E-state index in [9.17, 15) is 4.39 Å². The summed E-state index contributed by atoms with van der Waals surface area (Å²) in [5.74, 6) is 0.344. The van der Waals surface area contributed by atoms with Gasteiger partial charge >= 0.3 is 0 Å². The van der Waals surface area contributed by atoms with Gasteiger partial charge in [0.15, 0.2) is 0 Å². The van der Waals surface area contributed by atoms with E-state index in [1.165, 1.54) is 18.4 Å². The molecule has 15 heavy (non-hydrogen) atoms. The van der Waals surface area contributed by atoms with Crippen molar-refractivity contribution in [2.75, 3.05) is 6.54 Å². The molecular formula is C13H18FN. The zero-order valence-corrected chi connectivity index (χ0v) is 9.17. The standard InChI is InChI=1S/C13H18FN/c1-10(13(6-7-13)8-9-15)11-2-4-12(14)5-3-11/h2-5,10H,6-9,15H2,1H3. The van der Waals surface area contributed by atoms with E-state index in [1.54, 1.807) is 12.1 Å². The molecule has 1 atom stereocenters. The molecule has 0 amide bonds. The maximum absolute atomic E-state index is 12.8. The smallest absolute Gasteiger partial charge is 0.123 e. The van der Waals surface area contributed by atoms with E-state index in [2.05, 4.69) is 6.92 Å². The number of nitrogens with two attached hydrogens (primary N) is 1. The van der Waals surface area contributed by atoms with Crippen LogP contribution in [0.2, 0.25) is 0 Å². The molecule has 0 heterocycles. The molecule has 2 N–H and O–H groups in total. The first-order chi connectivity index (χ1) is 7.18. The Morgan fingerprint density at radius 3 is 2.40 bits per heavy atom. The number of benzene rings is 1. The Kier molecular flexibility index (Phi) is 2.79. The Labute approximate surface area is 90.5 Å². The van der Waals surface area contributed by atoms with Crippen LogP contribution >= 0.6 is 0 Å². The van der Waals surface area contributed by atoms with Gasteiger partial charge in [0.05, 0.1) is 0 Å². The minimum absolute atomic E-state index is 0.158. The van der Waals surface area contributed by atoms with E-state index in [4.69, 9.17) is 5.73 Å². The van der Waals surface area contributed by atoms with Crippen molar-refractivity contribution in [3.63, 3.8) is 0 Å². The van der Waals surface area contributed by atoms with Crippen molar-refractivity contribution in [3.8, 4) is 0 Å². The lowest BCUT2D eigenvalue weighted by molar-refractivity contribution is 0.396. The molecular weight excluding hydrogens is 189 g/mol. The third-order valence-electron chi connectivity index (χ3n) is 3.82. The quantitative estimate of drug-likeness (QED) is 0.806. The van der Waals surface area contributed by atoms with Crippen LogP contribution in [0.4, 0.5) is 4.39 Å². The lowest BCUT2D eigenvalue weighted by Crippen LogP contribution is -2.16. The van der Waals surface area contributed by atoms with Crippen LogP contribution in [0.5, 0.6) is 0 Å². The van der Waals surface area contributed by atoms with E-state index >= 15 is 0 Å². The maximum Gasteiger partial charge on any atom is 0.123 e. The summed E-state index contributed by atoms with van der Waals surface area (Å²) in [4.78, 5) is 0. The molecule has 0 saturated heterocycles. The van der Waals surface area contributed by atoms with Gasteiger partial charge in [-0.3, -0.25) is 0 Å². The second-order valence-electron chi connectivity index (χ2n) is 4.67. The zero-order chi connectivity index (χ0) is 10.9. The van der Waals surface area contributed by atoms with Crippen LogP contribution in [0, 0.1) is 11.2 Å².